The molecule has 3 rings (SSSR count). The summed E-state index contributed by atoms with van der Waals surface area (Å²) < 4.78 is 12.5. The molecule has 0 unspecified atom stereocenters. The van der Waals surface area contributed by atoms with Crippen molar-refractivity contribution in [2.45, 2.75) is 44.7 Å². The first-order valence-corrected chi connectivity index (χ1v) is 11.0. The topological polar surface area (TPSA) is 18.5 Å². The minimum absolute atomic E-state index is 0.549. The van der Waals surface area contributed by atoms with E-state index in [2.05, 4.69) is 59.3 Å². The zero-order valence-electron chi connectivity index (χ0n) is 16.4. The van der Waals surface area contributed by atoms with Gasteiger partial charge in [-0.15, -0.1) is 0 Å². The van der Waals surface area contributed by atoms with Gasteiger partial charge in [0.25, 0.3) is 0 Å². The van der Waals surface area contributed by atoms with Gasteiger partial charge in [-0.3, -0.25) is 0 Å². The van der Waals surface area contributed by atoms with Crippen LogP contribution in [0.1, 0.15) is 42.0 Å². The Kier molecular flexibility index (Phi) is 7.98. The van der Waals surface area contributed by atoms with E-state index >= 15 is 0 Å². The maximum absolute atomic E-state index is 6.32. The number of hydrogen-bond donors (Lipinski definition) is 0. The molecule has 0 N–H and O–H groups in total. The molecular weight excluding hydrogens is 412 g/mol. The van der Waals surface area contributed by atoms with Crippen molar-refractivity contribution in [3.63, 3.8) is 0 Å². The van der Waals surface area contributed by atoms with Crippen LogP contribution < -0.4 is 9.47 Å². The summed E-state index contributed by atoms with van der Waals surface area (Å²) in [7, 11) is 0. The molecule has 0 bridgehead atoms. The Bertz CT molecular complexity index is 847. The highest BCUT2D eigenvalue weighted by molar-refractivity contribution is 9.08. The Hall–Kier alpha value is -2.26. The summed E-state index contributed by atoms with van der Waals surface area (Å²) in [6, 6.07) is 24.8. The number of unbranched alkanes of at least 4 members (excludes halogenated alkanes) is 1. The molecule has 3 heteroatoms. The molecule has 0 atom stereocenters. The largest absolute Gasteiger partial charge is 0.488 e. The number of aryl methyl sites for hydroxylation is 1. The molecule has 0 amide bonds. The normalized spacial score (nSPS) is 10.6. The van der Waals surface area contributed by atoms with Gasteiger partial charge in [0.2, 0.25) is 0 Å². The van der Waals surface area contributed by atoms with Gasteiger partial charge in [-0.1, -0.05) is 96.0 Å². The van der Waals surface area contributed by atoms with Gasteiger partial charge in [-0.2, -0.15) is 0 Å². The van der Waals surface area contributed by atoms with Crippen molar-refractivity contribution in [2.24, 2.45) is 0 Å². The summed E-state index contributed by atoms with van der Waals surface area (Å²) in [6.07, 6.45) is 3.32. The maximum atomic E-state index is 6.32. The lowest BCUT2D eigenvalue weighted by molar-refractivity contribution is 0.283. The minimum atomic E-state index is 0.549. The lowest BCUT2D eigenvalue weighted by Crippen LogP contribution is -2.05. The first-order chi connectivity index (χ1) is 13.8. The number of hydrogen-bond acceptors (Lipinski definition) is 2. The first-order valence-electron chi connectivity index (χ1n) is 9.86. The molecule has 2 nitrogen and oxygen atoms in total. The molecule has 3 aromatic carbocycles. The third-order valence-corrected chi connectivity index (χ3v) is 5.26. The van der Waals surface area contributed by atoms with E-state index in [1.165, 1.54) is 11.1 Å². The molecule has 0 fully saturated rings. The highest BCUT2D eigenvalue weighted by Gasteiger charge is 2.15. The van der Waals surface area contributed by atoms with Crippen molar-refractivity contribution in [3.8, 4) is 11.5 Å². The van der Waals surface area contributed by atoms with E-state index in [1.807, 2.05) is 36.4 Å². The number of alkyl halides is 1. The smallest absolute Gasteiger partial charge is 0.130 e. The zero-order valence-corrected chi connectivity index (χ0v) is 18.0. The number of halogens is 1. The molecule has 0 saturated carbocycles. The van der Waals surface area contributed by atoms with E-state index in [0.717, 1.165) is 41.9 Å². The third-order valence-electron chi connectivity index (χ3n) is 4.70. The molecule has 0 heterocycles. The fourth-order valence-electron chi connectivity index (χ4n) is 3.13. The van der Waals surface area contributed by atoms with E-state index < -0.39 is 0 Å². The Balaban J connectivity index is 1.83. The summed E-state index contributed by atoms with van der Waals surface area (Å²) in [5.41, 5.74) is 4.66. The van der Waals surface area contributed by atoms with Crippen LogP contribution in [-0.2, 0) is 25.0 Å². The number of ether oxygens (including phenoxy) is 2. The fourth-order valence-corrected chi connectivity index (χ4v) is 3.66. The van der Waals surface area contributed by atoms with Crippen LogP contribution in [0.15, 0.2) is 72.8 Å². The van der Waals surface area contributed by atoms with Gasteiger partial charge in [0, 0.05) is 10.9 Å². The second-order valence-corrected chi connectivity index (χ2v) is 7.38. The predicted molar refractivity (Wildman–Crippen MR) is 119 cm³/mol. The number of rotatable bonds is 10. The van der Waals surface area contributed by atoms with Gasteiger partial charge < -0.3 is 9.47 Å². The van der Waals surface area contributed by atoms with E-state index in [1.54, 1.807) is 0 Å². The standard InChI is InChI=1S/C25H27BrO2/c1-2-3-14-22-15-16-24(27-18-20-10-6-4-7-11-20)23(17-26)25(22)28-19-21-12-8-5-9-13-21/h4-13,15-16H,2-3,14,17-19H2,1H3. The lowest BCUT2D eigenvalue weighted by Gasteiger charge is -2.19. The van der Waals surface area contributed by atoms with Gasteiger partial charge in [0.1, 0.15) is 24.7 Å². The van der Waals surface area contributed by atoms with Crippen molar-refractivity contribution < 1.29 is 9.47 Å². The molecule has 3 aromatic rings. The fraction of sp³-hybridized carbons (Fsp3) is 0.280. The van der Waals surface area contributed by atoms with E-state index in [0.29, 0.717) is 18.5 Å². The highest BCUT2D eigenvalue weighted by Crippen LogP contribution is 2.36. The molecule has 0 aromatic heterocycles. The SMILES string of the molecule is CCCCc1ccc(OCc2ccccc2)c(CBr)c1OCc1ccccc1. The molecule has 0 saturated heterocycles. The first kappa shape index (κ1) is 20.5. The summed E-state index contributed by atoms with van der Waals surface area (Å²) in [5.74, 6) is 1.84. The van der Waals surface area contributed by atoms with Crippen molar-refractivity contribution in [2.75, 3.05) is 0 Å². The van der Waals surface area contributed by atoms with Crippen LogP contribution in [0.25, 0.3) is 0 Å². The van der Waals surface area contributed by atoms with E-state index in [9.17, 15) is 0 Å². The lowest BCUT2D eigenvalue weighted by atomic mass is 10.0. The highest BCUT2D eigenvalue weighted by atomic mass is 79.9. The summed E-state index contributed by atoms with van der Waals surface area (Å²) in [6.45, 7) is 3.32. The molecule has 0 radical (unpaired) electrons. The van der Waals surface area contributed by atoms with Crippen molar-refractivity contribution in [1.29, 1.82) is 0 Å². The van der Waals surface area contributed by atoms with Crippen molar-refractivity contribution in [3.05, 3.63) is 95.1 Å². The zero-order chi connectivity index (χ0) is 19.6. The Morgan fingerprint density at radius 3 is 1.93 bits per heavy atom. The third kappa shape index (κ3) is 5.62. The summed E-state index contributed by atoms with van der Waals surface area (Å²) in [5, 5.41) is 0.696. The molecule has 0 spiro atoms. The van der Waals surface area contributed by atoms with E-state index in [4.69, 9.17) is 9.47 Å². The van der Waals surface area contributed by atoms with Crippen LogP contribution in [-0.4, -0.2) is 0 Å². The Morgan fingerprint density at radius 1 is 0.750 bits per heavy atom. The van der Waals surface area contributed by atoms with Crippen LogP contribution in [0.5, 0.6) is 11.5 Å². The molecular formula is C25H27BrO2. The average Bonchev–Trinajstić information content (AvgIpc) is 2.76. The van der Waals surface area contributed by atoms with Crippen LogP contribution in [0.3, 0.4) is 0 Å². The number of benzene rings is 3. The monoisotopic (exact) mass is 438 g/mol. The molecule has 0 aliphatic carbocycles. The molecule has 0 aliphatic heterocycles. The molecule has 28 heavy (non-hydrogen) atoms. The van der Waals surface area contributed by atoms with Gasteiger partial charge in [0.15, 0.2) is 0 Å². The van der Waals surface area contributed by atoms with Crippen molar-refractivity contribution >= 4 is 15.9 Å². The van der Waals surface area contributed by atoms with Gasteiger partial charge in [-0.25, -0.2) is 0 Å². The second kappa shape index (κ2) is 10.9. The van der Waals surface area contributed by atoms with Crippen molar-refractivity contribution in [1.82, 2.24) is 0 Å². The quantitative estimate of drug-likeness (QED) is 0.314. The second-order valence-electron chi connectivity index (χ2n) is 6.82. The molecule has 0 aliphatic rings. The van der Waals surface area contributed by atoms with Crippen LogP contribution in [0, 0.1) is 0 Å². The summed E-state index contributed by atoms with van der Waals surface area (Å²) >= 11 is 3.65. The average molecular weight is 439 g/mol. The summed E-state index contributed by atoms with van der Waals surface area (Å²) in [4.78, 5) is 0. The minimum Gasteiger partial charge on any atom is -0.488 e. The Morgan fingerprint density at radius 2 is 1.36 bits per heavy atom. The Labute approximate surface area is 176 Å². The van der Waals surface area contributed by atoms with Gasteiger partial charge in [0.05, 0.1) is 0 Å². The van der Waals surface area contributed by atoms with Gasteiger partial charge in [-0.05, 0) is 35.6 Å². The van der Waals surface area contributed by atoms with Crippen LogP contribution >= 0.6 is 15.9 Å². The van der Waals surface area contributed by atoms with E-state index in [-0.39, 0.29) is 0 Å². The van der Waals surface area contributed by atoms with Crippen LogP contribution in [0.2, 0.25) is 0 Å². The predicted octanol–water partition coefficient (Wildman–Crippen LogP) is 7.08. The van der Waals surface area contributed by atoms with Gasteiger partial charge >= 0.3 is 0 Å². The molecule has 146 valence electrons. The maximum Gasteiger partial charge on any atom is 0.130 e. The van der Waals surface area contributed by atoms with Crippen LogP contribution in [0.4, 0.5) is 0 Å².